The Balaban J connectivity index is 1.79. The van der Waals surface area contributed by atoms with Gasteiger partial charge in [0, 0.05) is 0 Å². The summed E-state index contributed by atoms with van der Waals surface area (Å²) in [7, 11) is 3.14. The number of allylic oxidation sites excluding steroid dienone is 1. The predicted octanol–water partition coefficient (Wildman–Crippen LogP) is 1.88. The molecule has 3 nitrogen and oxygen atoms in total. The van der Waals surface area contributed by atoms with Gasteiger partial charge in [-0.25, -0.2) is 0 Å². The molecule has 78 valence electrons. The van der Waals surface area contributed by atoms with Gasteiger partial charge in [0.05, 0.1) is 26.4 Å². The summed E-state index contributed by atoms with van der Waals surface area (Å²) >= 11 is 0. The van der Waals surface area contributed by atoms with Gasteiger partial charge in [0.2, 0.25) is 0 Å². The molecule has 0 atom stereocenters. The maximum absolute atomic E-state index is 11.2. The molecule has 2 aliphatic rings. The fourth-order valence-corrected chi connectivity index (χ4v) is 2.77. The Morgan fingerprint density at radius 2 is 2.07 bits per heavy atom. The van der Waals surface area contributed by atoms with E-state index in [0.29, 0.717) is 5.41 Å². The Labute approximate surface area is 84.1 Å². The van der Waals surface area contributed by atoms with E-state index in [9.17, 15) is 4.79 Å². The summed E-state index contributed by atoms with van der Waals surface area (Å²) in [5.74, 6) is 0.115. The first kappa shape index (κ1) is 9.56. The molecule has 2 aliphatic carbocycles. The summed E-state index contributed by atoms with van der Waals surface area (Å²) < 4.78 is 9.66. The van der Waals surface area contributed by atoms with Crippen molar-refractivity contribution in [3.05, 3.63) is 11.8 Å². The predicted molar refractivity (Wildman–Crippen MR) is 51.5 cm³/mol. The molecule has 0 radical (unpaired) electrons. The van der Waals surface area contributed by atoms with Gasteiger partial charge in [-0.1, -0.05) is 0 Å². The Bertz CT molecular complexity index is 264. The van der Waals surface area contributed by atoms with Gasteiger partial charge in [-0.05, 0) is 36.7 Å². The largest absolute Gasteiger partial charge is 0.504 e. The second-order valence-corrected chi connectivity index (χ2v) is 4.49. The maximum Gasteiger partial charge on any atom is 0.308 e. The second kappa shape index (κ2) is 3.30. The van der Waals surface area contributed by atoms with Gasteiger partial charge < -0.3 is 9.47 Å². The van der Waals surface area contributed by atoms with Gasteiger partial charge in [-0.2, -0.15) is 0 Å². The summed E-state index contributed by atoms with van der Waals surface area (Å²) in [4.78, 5) is 11.2. The number of hydrogen-bond acceptors (Lipinski definition) is 3. The lowest BCUT2D eigenvalue weighted by molar-refractivity contribution is -0.155. The Kier molecular flexibility index (Phi) is 2.25. The van der Waals surface area contributed by atoms with Crippen LogP contribution in [-0.2, 0) is 14.3 Å². The number of rotatable bonds is 2. The average Bonchev–Trinajstić information content (AvgIpc) is 2.05. The minimum atomic E-state index is -0.0419. The zero-order valence-corrected chi connectivity index (χ0v) is 8.71. The Hall–Kier alpha value is -0.990. The summed E-state index contributed by atoms with van der Waals surface area (Å²) in [6.45, 7) is 0. The van der Waals surface area contributed by atoms with Crippen LogP contribution in [0.2, 0.25) is 0 Å². The van der Waals surface area contributed by atoms with Crippen molar-refractivity contribution in [3.63, 3.8) is 0 Å². The van der Waals surface area contributed by atoms with E-state index in [1.54, 1.807) is 7.11 Å². The van der Waals surface area contributed by atoms with Crippen LogP contribution in [0.1, 0.15) is 25.7 Å². The van der Waals surface area contributed by atoms with Crippen molar-refractivity contribution in [1.29, 1.82) is 0 Å². The third-order valence-electron chi connectivity index (χ3n) is 3.38. The van der Waals surface area contributed by atoms with Crippen molar-refractivity contribution in [2.45, 2.75) is 25.7 Å². The SMILES string of the molecule is COC=C1CC2(C1)CC(C(=O)OC)C2. The third-order valence-corrected chi connectivity index (χ3v) is 3.38. The van der Waals surface area contributed by atoms with Crippen molar-refractivity contribution in [1.82, 2.24) is 0 Å². The highest BCUT2D eigenvalue weighted by Crippen LogP contribution is 2.61. The van der Waals surface area contributed by atoms with E-state index in [1.807, 2.05) is 6.26 Å². The zero-order chi connectivity index (χ0) is 10.2. The van der Waals surface area contributed by atoms with E-state index in [-0.39, 0.29) is 11.9 Å². The fourth-order valence-electron chi connectivity index (χ4n) is 2.77. The summed E-state index contributed by atoms with van der Waals surface area (Å²) in [6, 6.07) is 0. The van der Waals surface area contributed by atoms with Gasteiger partial charge in [-0.3, -0.25) is 4.79 Å². The molecule has 2 saturated carbocycles. The van der Waals surface area contributed by atoms with Gasteiger partial charge in [0.25, 0.3) is 0 Å². The molecular weight excluding hydrogens is 180 g/mol. The lowest BCUT2D eigenvalue weighted by Crippen LogP contribution is -2.47. The first-order valence-corrected chi connectivity index (χ1v) is 4.98. The van der Waals surface area contributed by atoms with Gasteiger partial charge in [-0.15, -0.1) is 0 Å². The molecule has 0 unspecified atom stereocenters. The highest BCUT2D eigenvalue weighted by molar-refractivity contribution is 5.73. The number of esters is 1. The quantitative estimate of drug-likeness (QED) is 0.499. The van der Waals surface area contributed by atoms with Crippen LogP contribution in [-0.4, -0.2) is 20.2 Å². The Morgan fingerprint density at radius 3 is 2.57 bits per heavy atom. The standard InChI is InChI=1S/C11H16O3/c1-13-7-8-3-11(4-8)5-9(6-11)10(12)14-2/h7,9H,3-6H2,1-2H3. The maximum atomic E-state index is 11.2. The van der Waals surface area contributed by atoms with Crippen molar-refractivity contribution in [2.75, 3.05) is 14.2 Å². The molecule has 0 aromatic heterocycles. The average molecular weight is 196 g/mol. The molecule has 2 fully saturated rings. The van der Waals surface area contributed by atoms with Crippen molar-refractivity contribution in [2.24, 2.45) is 11.3 Å². The van der Waals surface area contributed by atoms with Gasteiger partial charge in [0.15, 0.2) is 0 Å². The first-order valence-electron chi connectivity index (χ1n) is 4.98. The molecule has 14 heavy (non-hydrogen) atoms. The number of methoxy groups -OCH3 is 2. The molecule has 0 heterocycles. The van der Waals surface area contributed by atoms with E-state index < -0.39 is 0 Å². The lowest BCUT2D eigenvalue weighted by atomic mass is 9.50. The molecule has 3 heteroatoms. The fraction of sp³-hybridized carbons (Fsp3) is 0.727. The van der Waals surface area contributed by atoms with Crippen LogP contribution >= 0.6 is 0 Å². The first-order chi connectivity index (χ1) is 6.69. The van der Waals surface area contributed by atoms with E-state index in [4.69, 9.17) is 9.47 Å². The van der Waals surface area contributed by atoms with Crippen LogP contribution in [0.5, 0.6) is 0 Å². The van der Waals surface area contributed by atoms with Crippen LogP contribution in [0.15, 0.2) is 11.8 Å². The molecular formula is C11H16O3. The monoisotopic (exact) mass is 196 g/mol. The van der Waals surface area contributed by atoms with Gasteiger partial charge >= 0.3 is 5.97 Å². The van der Waals surface area contributed by atoms with E-state index in [1.165, 1.54) is 12.7 Å². The van der Waals surface area contributed by atoms with Crippen LogP contribution < -0.4 is 0 Å². The molecule has 0 aromatic rings. The topological polar surface area (TPSA) is 35.5 Å². The van der Waals surface area contributed by atoms with Crippen molar-refractivity contribution >= 4 is 5.97 Å². The van der Waals surface area contributed by atoms with Gasteiger partial charge in [0.1, 0.15) is 0 Å². The molecule has 2 rings (SSSR count). The number of ether oxygens (including phenoxy) is 2. The lowest BCUT2D eigenvalue weighted by Gasteiger charge is -2.54. The van der Waals surface area contributed by atoms with E-state index in [0.717, 1.165) is 25.7 Å². The smallest absolute Gasteiger partial charge is 0.308 e. The molecule has 0 aromatic carbocycles. The minimum Gasteiger partial charge on any atom is -0.504 e. The zero-order valence-electron chi connectivity index (χ0n) is 8.71. The van der Waals surface area contributed by atoms with Crippen LogP contribution in [0.3, 0.4) is 0 Å². The molecule has 0 bridgehead atoms. The number of carbonyl (C=O) groups excluding carboxylic acids is 1. The number of carbonyl (C=O) groups is 1. The van der Waals surface area contributed by atoms with Crippen LogP contribution in [0, 0.1) is 11.3 Å². The normalized spacial score (nSPS) is 34.4. The van der Waals surface area contributed by atoms with Crippen molar-refractivity contribution < 1.29 is 14.3 Å². The highest BCUT2D eigenvalue weighted by Gasteiger charge is 2.53. The Morgan fingerprint density at radius 1 is 1.43 bits per heavy atom. The number of hydrogen-bond donors (Lipinski definition) is 0. The molecule has 0 saturated heterocycles. The molecule has 0 aliphatic heterocycles. The minimum absolute atomic E-state index is 0.0419. The molecule has 0 N–H and O–H groups in total. The van der Waals surface area contributed by atoms with E-state index >= 15 is 0 Å². The summed E-state index contributed by atoms with van der Waals surface area (Å²) in [5.41, 5.74) is 1.79. The van der Waals surface area contributed by atoms with Crippen LogP contribution in [0.25, 0.3) is 0 Å². The highest BCUT2D eigenvalue weighted by atomic mass is 16.5. The third kappa shape index (κ3) is 1.41. The summed E-state index contributed by atoms with van der Waals surface area (Å²) in [5, 5.41) is 0. The van der Waals surface area contributed by atoms with Crippen LogP contribution in [0.4, 0.5) is 0 Å². The van der Waals surface area contributed by atoms with Crippen molar-refractivity contribution in [3.8, 4) is 0 Å². The second-order valence-electron chi connectivity index (χ2n) is 4.49. The molecule has 0 amide bonds. The molecule has 1 spiro atoms. The van der Waals surface area contributed by atoms with E-state index in [2.05, 4.69) is 0 Å². The summed E-state index contributed by atoms with van der Waals surface area (Å²) in [6.07, 6.45) is 6.04.